The molecule has 0 aliphatic rings. The smallest absolute Gasteiger partial charge is 0.291 e. The molecule has 0 radical (unpaired) electrons. The Balaban J connectivity index is 0.000000218. The highest BCUT2D eigenvalue weighted by Gasteiger charge is 2.19. The third kappa shape index (κ3) is 7.97. The van der Waals surface area contributed by atoms with Gasteiger partial charge < -0.3 is 18.9 Å². The molecule has 0 bridgehead atoms. The van der Waals surface area contributed by atoms with Gasteiger partial charge in [0.1, 0.15) is 24.8 Å². The predicted octanol–water partition coefficient (Wildman–Crippen LogP) is 6.20. The van der Waals surface area contributed by atoms with Crippen LogP contribution in [0.4, 0.5) is 5.69 Å². The van der Waals surface area contributed by atoms with Gasteiger partial charge in [-0.05, 0) is 23.3 Å². The highest BCUT2D eigenvalue weighted by atomic mass is 16.6. The van der Waals surface area contributed by atoms with Gasteiger partial charge in [0.2, 0.25) is 0 Å². The van der Waals surface area contributed by atoms with Gasteiger partial charge in [0.15, 0.2) is 23.0 Å². The van der Waals surface area contributed by atoms with Gasteiger partial charge in [-0.25, -0.2) is 0 Å². The maximum absolute atomic E-state index is 11.0. The van der Waals surface area contributed by atoms with Crippen molar-refractivity contribution in [3.05, 3.63) is 123 Å². The van der Waals surface area contributed by atoms with Crippen LogP contribution in [0.5, 0.6) is 23.0 Å². The van der Waals surface area contributed by atoms with Crippen LogP contribution in [0.2, 0.25) is 0 Å². The van der Waals surface area contributed by atoms with Crippen molar-refractivity contribution in [3.63, 3.8) is 0 Å². The minimum Gasteiger partial charge on any atom is -0.493 e. The molecule has 0 fully saturated rings. The van der Waals surface area contributed by atoms with E-state index < -0.39 is 4.92 Å². The summed E-state index contributed by atoms with van der Waals surface area (Å²) in [6.07, 6.45) is 0. The van der Waals surface area contributed by atoms with E-state index in [1.54, 1.807) is 31.4 Å². The minimum absolute atomic E-state index is 0.0658. The largest absolute Gasteiger partial charge is 0.493 e. The average molecular weight is 524 g/mol. The summed E-state index contributed by atoms with van der Waals surface area (Å²) in [7, 11) is 2.98. The Labute approximate surface area is 226 Å². The van der Waals surface area contributed by atoms with Crippen LogP contribution in [0.25, 0.3) is 0 Å². The first-order chi connectivity index (χ1) is 19.0. The van der Waals surface area contributed by atoms with Crippen molar-refractivity contribution in [2.75, 3.05) is 14.2 Å². The molecule has 4 aromatic carbocycles. The lowest BCUT2D eigenvalue weighted by Crippen LogP contribution is -2.00. The van der Waals surface area contributed by atoms with Crippen LogP contribution in [0.15, 0.2) is 91.0 Å². The zero-order valence-electron chi connectivity index (χ0n) is 21.4. The first kappa shape index (κ1) is 28.0. The van der Waals surface area contributed by atoms with E-state index in [-0.39, 0.29) is 29.4 Å². The molecule has 0 unspecified atom stereocenters. The molecule has 196 valence electrons. The molecule has 0 saturated heterocycles. The quantitative estimate of drug-likeness (QED) is 0.187. The SMILES string of the molecule is COc1cc(C#N)c([N+](=O)[O-])cc1OCc1ccccc1.COc1cc(C#N)ccc1OCc1ccccc1. The number of rotatable bonds is 9. The van der Waals surface area contributed by atoms with Crippen LogP contribution in [-0.4, -0.2) is 19.1 Å². The molecule has 4 rings (SSSR count). The fourth-order valence-corrected chi connectivity index (χ4v) is 3.39. The van der Waals surface area contributed by atoms with E-state index in [9.17, 15) is 10.1 Å². The highest BCUT2D eigenvalue weighted by molar-refractivity contribution is 5.58. The van der Waals surface area contributed by atoms with E-state index >= 15 is 0 Å². The maximum atomic E-state index is 11.0. The van der Waals surface area contributed by atoms with Crippen molar-refractivity contribution < 1.29 is 23.9 Å². The van der Waals surface area contributed by atoms with Gasteiger partial charge in [-0.2, -0.15) is 10.5 Å². The van der Waals surface area contributed by atoms with Crippen molar-refractivity contribution in [2.24, 2.45) is 0 Å². The fraction of sp³-hybridized carbons (Fsp3) is 0.133. The number of hydrogen-bond acceptors (Lipinski definition) is 8. The lowest BCUT2D eigenvalue weighted by molar-refractivity contribution is -0.385. The molecule has 0 heterocycles. The van der Waals surface area contributed by atoms with Crippen molar-refractivity contribution in [1.82, 2.24) is 0 Å². The van der Waals surface area contributed by atoms with Gasteiger partial charge in [-0.1, -0.05) is 60.7 Å². The predicted molar refractivity (Wildman–Crippen MR) is 144 cm³/mol. The Bertz CT molecular complexity index is 1480. The Kier molecular flexibility index (Phi) is 10.3. The van der Waals surface area contributed by atoms with Crippen LogP contribution < -0.4 is 18.9 Å². The Morgan fingerprint density at radius 1 is 0.692 bits per heavy atom. The number of ether oxygens (including phenoxy) is 4. The topological polar surface area (TPSA) is 128 Å². The van der Waals surface area contributed by atoms with E-state index in [2.05, 4.69) is 6.07 Å². The number of nitrogens with zero attached hydrogens (tertiary/aromatic N) is 3. The lowest BCUT2D eigenvalue weighted by atomic mass is 10.1. The summed E-state index contributed by atoms with van der Waals surface area (Å²) < 4.78 is 21.6. The van der Waals surface area contributed by atoms with Crippen LogP contribution in [0, 0.1) is 32.8 Å². The highest BCUT2D eigenvalue weighted by Crippen LogP contribution is 2.35. The van der Waals surface area contributed by atoms with Crippen LogP contribution >= 0.6 is 0 Å². The van der Waals surface area contributed by atoms with E-state index in [0.29, 0.717) is 23.7 Å². The first-order valence-corrected chi connectivity index (χ1v) is 11.7. The summed E-state index contributed by atoms with van der Waals surface area (Å²) in [5.41, 5.74) is 2.19. The number of hydrogen-bond donors (Lipinski definition) is 0. The lowest BCUT2D eigenvalue weighted by Gasteiger charge is -2.11. The minimum atomic E-state index is -0.618. The number of nitro benzene ring substituents is 1. The maximum Gasteiger partial charge on any atom is 0.291 e. The third-order valence-electron chi connectivity index (χ3n) is 5.37. The second-order valence-corrected chi connectivity index (χ2v) is 7.92. The molecule has 0 spiro atoms. The molecule has 39 heavy (non-hydrogen) atoms. The molecule has 0 amide bonds. The van der Waals surface area contributed by atoms with E-state index in [4.69, 9.17) is 29.5 Å². The standard InChI is InChI=1S/C15H12N2O4.C15H13NO2/c1-20-14-7-12(9-16)13(17(18)19)8-15(14)21-10-11-5-3-2-4-6-11;1-17-15-9-13(10-16)7-8-14(15)18-11-12-5-3-2-4-6-12/h2-8H,10H2,1H3;2-9H,11H2,1H3. The van der Waals surface area contributed by atoms with Crippen LogP contribution in [0.3, 0.4) is 0 Å². The van der Waals surface area contributed by atoms with Gasteiger partial charge in [-0.3, -0.25) is 10.1 Å². The normalized spacial score (nSPS) is 9.64. The molecule has 0 aliphatic carbocycles. The van der Waals surface area contributed by atoms with E-state index in [1.807, 2.05) is 60.7 Å². The first-order valence-electron chi connectivity index (χ1n) is 11.7. The average Bonchev–Trinajstić information content (AvgIpc) is 2.99. The van der Waals surface area contributed by atoms with Gasteiger partial charge >= 0.3 is 0 Å². The third-order valence-corrected chi connectivity index (χ3v) is 5.37. The molecular weight excluding hydrogens is 498 g/mol. The number of methoxy groups -OCH3 is 2. The Hall–Kier alpha value is -5.54. The summed E-state index contributed by atoms with van der Waals surface area (Å²) in [5, 5.41) is 28.7. The van der Waals surface area contributed by atoms with Crippen molar-refractivity contribution in [3.8, 4) is 35.1 Å². The number of benzene rings is 4. The summed E-state index contributed by atoms with van der Waals surface area (Å²) >= 11 is 0. The molecule has 9 heteroatoms. The zero-order valence-corrected chi connectivity index (χ0v) is 21.4. The molecule has 4 aromatic rings. The summed E-state index contributed by atoms with van der Waals surface area (Å²) in [6.45, 7) is 0.726. The molecule has 0 aromatic heterocycles. The van der Waals surface area contributed by atoms with Crippen molar-refractivity contribution in [1.29, 1.82) is 10.5 Å². The second kappa shape index (κ2) is 14.3. The van der Waals surface area contributed by atoms with Gasteiger partial charge in [0.25, 0.3) is 5.69 Å². The molecular formula is C30H25N3O6. The van der Waals surface area contributed by atoms with E-state index in [1.165, 1.54) is 19.2 Å². The molecule has 0 atom stereocenters. The van der Waals surface area contributed by atoms with Crippen molar-refractivity contribution >= 4 is 5.69 Å². The molecule has 0 N–H and O–H groups in total. The fourth-order valence-electron chi connectivity index (χ4n) is 3.39. The van der Waals surface area contributed by atoms with Gasteiger partial charge in [-0.15, -0.1) is 0 Å². The summed E-state index contributed by atoms with van der Waals surface area (Å²) in [5.74, 6) is 1.73. The molecule has 0 saturated carbocycles. The monoisotopic (exact) mass is 523 g/mol. The van der Waals surface area contributed by atoms with Gasteiger partial charge in [0, 0.05) is 12.1 Å². The van der Waals surface area contributed by atoms with Crippen LogP contribution in [-0.2, 0) is 13.2 Å². The Morgan fingerprint density at radius 2 is 1.23 bits per heavy atom. The summed E-state index contributed by atoms with van der Waals surface area (Å²) in [6, 6.07) is 30.8. The van der Waals surface area contributed by atoms with Crippen LogP contribution in [0.1, 0.15) is 22.3 Å². The number of nitriles is 2. The van der Waals surface area contributed by atoms with E-state index in [0.717, 1.165) is 11.1 Å². The Morgan fingerprint density at radius 3 is 1.72 bits per heavy atom. The summed E-state index contributed by atoms with van der Waals surface area (Å²) in [4.78, 5) is 10.3. The van der Waals surface area contributed by atoms with Crippen molar-refractivity contribution in [2.45, 2.75) is 13.2 Å². The number of nitro groups is 1. The van der Waals surface area contributed by atoms with Gasteiger partial charge in [0.05, 0.1) is 36.8 Å². The molecule has 0 aliphatic heterocycles. The second-order valence-electron chi connectivity index (χ2n) is 7.92. The molecule has 9 nitrogen and oxygen atoms in total. The zero-order chi connectivity index (χ0) is 28.0.